The van der Waals surface area contributed by atoms with Gasteiger partial charge in [-0.1, -0.05) is 195 Å². The van der Waals surface area contributed by atoms with E-state index in [1.165, 1.54) is 128 Å². The second-order valence-corrected chi connectivity index (χ2v) is 23.8. The number of unbranched alkanes of at least 4 members (excludes halogenated alkanes) is 28. The van der Waals surface area contributed by atoms with Crippen molar-refractivity contribution in [2.45, 2.75) is 316 Å². The van der Waals surface area contributed by atoms with Crippen molar-refractivity contribution in [3.8, 4) is 0 Å². The Hall–Kier alpha value is -2.05. The molecule has 0 heterocycles. The monoisotopic (exact) mass is 1070 g/mol. The van der Waals surface area contributed by atoms with Crippen LogP contribution < -0.4 is 4.89 Å². The molecular formula is C60H116NO12P. The Kier molecular flexibility index (Phi) is 49.1. The molecule has 438 valence electrons. The molecular weight excluding hydrogens is 958 g/mol. The first kappa shape index (κ1) is 72.0. The zero-order valence-corrected chi connectivity index (χ0v) is 49.9. The Morgan fingerprint density at radius 2 is 0.662 bits per heavy atom. The minimum absolute atomic E-state index is 0.0148. The van der Waals surface area contributed by atoms with Gasteiger partial charge in [-0.05, 0) is 77.0 Å². The van der Waals surface area contributed by atoms with Crippen LogP contribution >= 0.6 is 7.82 Å². The maximum absolute atomic E-state index is 12.9. The maximum atomic E-state index is 12.9. The van der Waals surface area contributed by atoms with Gasteiger partial charge in [0.15, 0.2) is 6.10 Å². The lowest BCUT2D eigenvalue weighted by Crippen LogP contribution is -2.37. The summed E-state index contributed by atoms with van der Waals surface area (Å²) in [6, 6.07) is 0. The zero-order valence-electron chi connectivity index (χ0n) is 49.1. The summed E-state index contributed by atoms with van der Waals surface area (Å²) in [5.41, 5.74) is 0. The number of carbonyl (C=O) groups is 4. The van der Waals surface area contributed by atoms with Crippen molar-refractivity contribution < 1.29 is 61.1 Å². The number of hydrogen-bond donors (Lipinski definition) is 0. The average molecular weight is 1070 g/mol. The second kappa shape index (κ2) is 50.5. The molecule has 0 N–H and O–H groups in total. The number of quaternary nitrogens is 1. The van der Waals surface area contributed by atoms with Crippen molar-refractivity contribution in [2.75, 3.05) is 47.5 Å². The third-order valence-electron chi connectivity index (χ3n) is 13.8. The molecule has 0 bridgehead atoms. The van der Waals surface area contributed by atoms with Gasteiger partial charge in [-0.3, -0.25) is 23.7 Å². The third-order valence-corrected chi connectivity index (χ3v) is 14.8. The van der Waals surface area contributed by atoms with Gasteiger partial charge >= 0.3 is 23.9 Å². The first-order chi connectivity index (χ1) is 35.6. The highest BCUT2D eigenvalue weighted by Crippen LogP contribution is 2.38. The van der Waals surface area contributed by atoms with Crippen molar-refractivity contribution >= 4 is 31.7 Å². The zero-order chi connectivity index (χ0) is 54.8. The van der Waals surface area contributed by atoms with Crippen molar-refractivity contribution in [1.82, 2.24) is 0 Å². The molecule has 0 amide bonds. The largest absolute Gasteiger partial charge is 0.756 e. The smallest absolute Gasteiger partial charge is 0.306 e. The summed E-state index contributed by atoms with van der Waals surface area (Å²) in [6.07, 6.45) is 40.7. The molecule has 14 heteroatoms. The van der Waals surface area contributed by atoms with E-state index in [1.54, 1.807) is 0 Å². The van der Waals surface area contributed by atoms with Crippen molar-refractivity contribution in [2.24, 2.45) is 0 Å². The van der Waals surface area contributed by atoms with Crippen LogP contribution in [0, 0.1) is 0 Å². The molecule has 0 aliphatic carbocycles. The van der Waals surface area contributed by atoms with Crippen LogP contribution in [0.1, 0.15) is 297 Å². The molecule has 0 spiro atoms. The summed E-state index contributed by atoms with van der Waals surface area (Å²) in [5.74, 6) is -1.25. The highest BCUT2D eigenvalue weighted by Gasteiger charge is 2.22. The predicted molar refractivity (Wildman–Crippen MR) is 300 cm³/mol. The molecule has 0 saturated carbocycles. The highest BCUT2D eigenvalue weighted by atomic mass is 31.2. The molecule has 13 nitrogen and oxygen atoms in total. The van der Waals surface area contributed by atoms with Crippen LogP contribution in [0.2, 0.25) is 0 Å². The Labute approximate surface area is 454 Å². The van der Waals surface area contributed by atoms with Crippen molar-refractivity contribution in [3.05, 3.63) is 0 Å². The Morgan fingerprint density at radius 1 is 0.378 bits per heavy atom. The minimum atomic E-state index is -4.72. The third kappa shape index (κ3) is 50.7. The van der Waals surface area contributed by atoms with Crippen LogP contribution in [0.3, 0.4) is 0 Å². The molecule has 0 aliphatic heterocycles. The Bertz CT molecular complexity index is 1340. The van der Waals surface area contributed by atoms with Gasteiger partial charge in [0.1, 0.15) is 32.0 Å². The molecule has 0 fully saturated rings. The minimum Gasteiger partial charge on any atom is -0.756 e. The van der Waals surface area contributed by atoms with E-state index in [0.717, 1.165) is 89.9 Å². The van der Waals surface area contributed by atoms with Crippen LogP contribution in [0.15, 0.2) is 0 Å². The first-order valence-electron chi connectivity index (χ1n) is 30.8. The number of nitrogens with zero attached hydrogens (tertiary/aromatic N) is 1. The molecule has 0 radical (unpaired) electrons. The molecule has 0 aromatic heterocycles. The number of carbonyl (C=O) groups excluding carboxylic acids is 4. The van der Waals surface area contributed by atoms with Gasteiger partial charge in [-0.15, -0.1) is 0 Å². The van der Waals surface area contributed by atoms with E-state index in [0.29, 0.717) is 49.6 Å². The lowest BCUT2D eigenvalue weighted by molar-refractivity contribution is -0.870. The van der Waals surface area contributed by atoms with E-state index in [-0.39, 0.29) is 50.2 Å². The highest BCUT2D eigenvalue weighted by molar-refractivity contribution is 7.45. The number of hydrogen-bond acceptors (Lipinski definition) is 12. The maximum Gasteiger partial charge on any atom is 0.306 e. The number of likely N-dealkylation sites (N-methyl/N-ethyl adjacent to an activating group) is 1. The van der Waals surface area contributed by atoms with E-state index in [2.05, 4.69) is 27.7 Å². The second-order valence-electron chi connectivity index (χ2n) is 22.4. The van der Waals surface area contributed by atoms with Crippen LogP contribution in [0.25, 0.3) is 0 Å². The van der Waals surface area contributed by atoms with Crippen molar-refractivity contribution in [1.29, 1.82) is 0 Å². The van der Waals surface area contributed by atoms with Gasteiger partial charge < -0.3 is 37.4 Å². The molecule has 0 aromatic rings. The van der Waals surface area contributed by atoms with E-state index in [9.17, 15) is 28.6 Å². The molecule has 74 heavy (non-hydrogen) atoms. The van der Waals surface area contributed by atoms with Crippen LogP contribution in [-0.2, 0) is 51.7 Å². The first-order valence-corrected chi connectivity index (χ1v) is 32.2. The van der Waals surface area contributed by atoms with E-state index < -0.39 is 32.5 Å². The van der Waals surface area contributed by atoms with Gasteiger partial charge in [0, 0.05) is 25.7 Å². The number of esters is 4. The summed E-state index contributed by atoms with van der Waals surface area (Å²) >= 11 is 0. The molecule has 0 saturated heterocycles. The van der Waals surface area contributed by atoms with E-state index >= 15 is 0 Å². The number of phosphoric ester groups is 1. The molecule has 0 rings (SSSR count). The van der Waals surface area contributed by atoms with Gasteiger partial charge in [0.2, 0.25) is 0 Å². The van der Waals surface area contributed by atoms with Crippen LogP contribution in [0.5, 0.6) is 0 Å². The number of ether oxygens (including phenoxy) is 4. The predicted octanol–water partition coefficient (Wildman–Crippen LogP) is 15.9. The lowest BCUT2D eigenvalue weighted by Gasteiger charge is -2.28. The fourth-order valence-electron chi connectivity index (χ4n) is 9.02. The molecule has 2 atom stereocenters. The Balaban J connectivity index is 4.83. The number of phosphoric acid groups is 1. The summed E-state index contributed by atoms with van der Waals surface area (Å²) in [5, 5.41) is 0. The number of rotatable bonds is 56. The fourth-order valence-corrected chi connectivity index (χ4v) is 9.75. The summed E-state index contributed by atoms with van der Waals surface area (Å²) in [4.78, 5) is 63.9. The van der Waals surface area contributed by atoms with Gasteiger partial charge in [-0.25, -0.2) is 0 Å². The lowest BCUT2D eigenvalue weighted by atomic mass is 10.0. The van der Waals surface area contributed by atoms with E-state index in [4.69, 9.17) is 28.0 Å². The average Bonchev–Trinajstić information content (AvgIpc) is 3.35. The summed E-state index contributed by atoms with van der Waals surface area (Å²) < 4.78 is 46.2. The van der Waals surface area contributed by atoms with Crippen molar-refractivity contribution in [3.63, 3.8) is 0 Å². The molecule has 0 aromatic carbocycles. The standard InChI is InChI=1S/C60H116NO12P/c1-8-12-16-20-26-34-42-54(43-35-27-21-17-13-9-2)71-58(63)47-39-31-25-24-30-38-46-57(62)68-52-56(53-70-74(66,67)69-51-50-61(5,6)7)73-60(65)49-41-33-32-40-48-59(64)72-55(44-36-28-22-18-14-10-3)45-37-29-23-19-15-11-4/h54-56H,8-53H2,1-7H3/t56-/m0/s1. The summed E-state index contributed by atoms with van der Waals surface area (Å²) in [7, 11) is 1.02. The van der Waals surface area contributed by atoms with E-state index in [1.807, 2.05) is 21.1 Å². The van der Waals surface area contributed by atoms with Gasteiger partial charge in [0.05, 0.1) is 27.7 Å². The van der Waals surface area contributed by atoms with Gasteiger partial charge in [-0.2, -0.15) is 0 Å². The fraction of sp³-hybridized carbons (Fsp3) is 0.933. The topological polar surface area (TPSA) is 164 Å². The SMILES string of the molecule is CCCCCCCCC(CCCCCCCC)OC(=O)CCCCCCCCC(=O)OC[C@@H](COP(=O)([O-])OCC[N+](C)(C)C)OC(=O)CCCCCCC(=O)OC(CCCCCCCC)CCCCCCCC. The quantitative estimate of drug-likeness (QED) is 0.0186. The Morgan fingerprint density at radius 3 is 0.986 bits per heavy atom. The van der Waals surface area contributed by atoms with Crippen LogP contribution in [0.4, 0.5) is 0 Å². The van der Waals surface area contributed by atoms with Crippen LogP contribution in [-0.4, -0.2) is 94.2 Å². The molecule has 1 unspecified atom stereocenters. The summed E-state index contributed by atoms with van der Waals surface area (Å²) in [6.45, 7) is 8.38. The normalized spacial score (nSPS) is 13.1. The molecule has 0 aliphatic rings. The van der Waals surface area contributed by atoms with Gasteiger partial charge in [0.25, 0.3) is 7.82 Å².